The maximum absolute atomic E-state index is 12.2. The van der Waals surface area contributed by atoms with Gasteiger partial charge in [0.15, 0.2) is 5.65 Å². The van der Waals surface area contributed by atoms with Gasteiger partial charge in [0.1, 0.15) is 5.69 Å². The summed E-state index contributed by atoms with van der Waals surface area (Å²) >= 11 is 0. The molecule has 0 saturated carbocycles. The molecule has 0 unspecified atom stereocenters. The molecule has 0 fully saturated rings. The number of imidazole rings is 1. The van der Waals surface area contributed by atoms with E-state index in [-0.39, 0.29) is 5.56 Å². The lowest BCUT2D eigenvalue weighted by molar-refractivity contribution is 0.853. The molecule has 0 aliphatic rings. The number of aromatic nitrogens is 5. The number of hydrogen-bond donors (Lipinski definition) is 1. The predicted molar refractivity (Wildman–Crippen MR) is 67.0 cm³/mol. The summed E-state index contributed by atoms with van der Waals surface area (Å²) < 4.78 is 3.30. The minimum absolute atomic E-state index is 0.0358. The predicted octanol–water partition coefficient (Wildman–Crippen LogP) is 1.08. The van der Waals surface area contributed by atoms with Crippen molar-refractivity contribution in [1.82, 2.24) is 24.1 Å². The third kappa shape index (κ3) is 1.38. The topological polar surface area (TPSA) is 68.0 Å². The molecular weight excluding hydrogens is 230 g/mol. The number of nitrogens with zero attached hydrogens (tertiary/aromatic N) is 4. The minimum atomic E-state index is -0.0358. The number of aryl methyl sites for hydroxylation is 1. The van der Waals surface area contributed by atoms with Crippen LogP contribution in [-0.4, -0.2) is 24.1 Å². The molecular formula is C12H13N5O. The molecule has 1 N–H and O–H groups in total. The van der Waals surface area contributed by atoms with E-state index in [0.717, 1.165) is 16.9 Å². The minimum Gasteiger partial charge on any atom is -0.301 e. The molecule has 0 radical (unpaired) electrons. The lowest BCUT2D eigenvalue weighted by Crippen LogP contribution is -2.21. The fourth-order valence-electron chi connectivity index (χ4n) is 2.14. The Morgan fingerprint density at radius 1 is 1.44 bits per heavy atom. The third-order valence-electron chi connectivity index (χ3n) is 3.08. The Morgan fingerprint density at radius 3 is 2.94 bits per heavy atom. The van der Waals surface area contributed by atoms with Crippen LogP contribution in [0.1, 0.15) is 18.2 Å². The van der Waals surface area contributed by atoms with Crippen molar-refractivity contribution in [1.29, 1.82) is 0 Å². The van der Waals surface area contributed by atoms with Gasteiger partial charge in [-0.2, -0.15) is 4.52 Å². The molecule has 0 aliphatic carbocycles. The van der Waals surface area contributed by atoms with Gasteiger partial charge in [-0.1, -0.05) is 6.92 Å². The van der Waals surface area contributed by atoms with Crippen LogP contribution in [0.5, 0.6) is 0 Å². The van der Waals surface area contributed by atoms with Crippen LogP contribution < -0.4 is 5.56 Å². The standard InChI is InChI=1S/C12H13N5O/c1-3-9-8(2)15-11-10(16-5-4-13-7-16)6-14-17(11)12(9)18/h4-7,14H,3H2,1-2H3. The van der Waals surface area contributed by atoms with E-state index in [1.807, 2.05) is 24.6 Å². The fraction of sp³-hybridized carbons (Fsp3) is 0.250. The number of H-pyrrole nitrogens is 1. The monoisotopic (exact) mass is 243 g/mol. The summed E-state index contributed by atoms with van der Waals surface area (Å²) in [5, 5.41) is 2.94. The summed E-state index contributed by atoms with van der Waals surface area (Å²) in [5.74, 6) is 0. The summed E-state index contributed by atoms with van der Waals surface area (Å²) in [7, 11) is 0. The second-order valence-electron chi connectivity index (χ2n) is 4.12. The van der Waals surface area contributed by atoms with Crippen molar-refractivity contribution in [3.8, 4) is 5.69 Å². The Hall–Kier alpha value is -2.37. The summed E-state index contributed by atoms with van der Waals surface area (Å²) in [5.41, 5.74) is 2.92. The highest BCUT2D eigenvalue weighted by Gasteiger charge is 2.13. The summed E-state index contributed by atoms with van der Waals surface area (Å²) in [6.45, 7) is 3.82. The number of aromatic amines is 1. The quantitative estimate of drug-likeness (QED) is 0.732. The maximum atomic E-state index is 12.2. The molecule has 0 bridgehead atoms. The van der Waals surface area contributed by atoms with Crippen molar-refractivity contribution in [3.05, 3.63) is 46.5 Å². The van der Waals surface area contributed by atoms with E-state index < -0.39 is 0 Å². The number of fused-ring (bicyclic) bond motifs is 1. The first-order valence-electron chi connectivity index (χ1n) is 5.80. The van der Waals surface area contributed by atoms with Gasteiger partial charge < -0.3 is 4.57 Å². The van der Waals surface area contributed by atoms with Gasteiger partial charge in [-0.15, -0.1) is 0 Å². The second-order valence-corrected chi connectivity index (χ2v) is 4.12. The molecule has 0 aromatic carbocycles. The molecule has 0 atom stereocenters. The van der Waals surface area contributed by atoms with Crippen molar-refractivity contribution in [2.75, 3.05) is 0 Å². The van der Waals surface area contributed by atoms with Gasteiger partial charge in [0.25, 0.3) is 5.56 Å². The molecule has 0 amide bonds. The second kappa shape index (κ2) is 3.83. The number of nitrogens with one attached hydrogen (secondary N) is 1. The lowest BCUT2D eigenvalue weighted by Gasteiger charge is -2.03. The van der Waals surface area contributed by atoms with Crippen molar-refractivity contribution in [3.63, 3.8) is 0 Å². The first-order valence-corrected chi connectivity index (χ1v) is 5.80. The van der Waals surface area contributed by atoms with E-state index in [2.05, 4.69) is 15.1 Å². The smallest absolute Gasteiger partial charge is 0.276 e. The van der Waals surface area contributed by atoms with Crippen LogP contribution in [0.15, 0.2) is 29.7 Å². The first-order chi connectivity index (χ1) is 8.72. The number of hydrogen-bond acceptors (Lipinski definition) is 3. The van der Waals surface area contributed by atoms with Crippen LogP contribution in [0.3, 0.4) is 0 Å². The first kappa shape index (κ1) is 10.8. The van der Waals surface area contributed by atoms with Gasteiger partial charge >= 0.3 is 0 Å². The molecule has 3 rings (SSSR count). The molecule has 92 valence electrons. The van der Waals surface area contributed by atoms with Crippen molar-refractivity contribution in [2.45, 2.75) is 20.3 Å². The van der Waals surface area contributed by atoms with Gasteiger partial charge in [-0.05, 0) is 13.3 Å². The highest BCUT2D eigenvalue weighted by Crippen LogP contribution is 2.13. The number of rotatable bonds is 2. The van der Waals surface area contributed by atoms with Gasteiger partial charge in [0, 0.05) is 29.8 Å². The largest absolute Gasteiger partial charge is 0.301 e. The normalized spacial score (nSPS) is 11.2. The van der Waals surface area contributed by atoms with E-state index in [1.54, 1.807) is 18.7 Å². The molecule has 3 heterocycles. The third-order valence-corrected chi connectivity index (χ3v) is 3.08. The molecule has 3 aromatic heterocycles. The SMILES string of the molecule is CCc1c(C)nc2c(-n3ccnc3)c[nH]n2c1=O. The van der Waals surface area contributed by atoms with Crippen molar-refractivity contribution >= 4 is 5.65 Å². The van der Waals surface area contributed by atoms with E-state index >= 15 is 0 Å². The average molecular weight is 243 g/mol. The molecule has 0 aliphatic heterocycles. The Kier molecular flexibility index (Phi) is 2.29. The van der Waals surface area contributed by atoms with E-state index in [0.29, 0.717) is 12.1 Å². The van der Waals surface area contributed by atoms with Gasteiger partial charge in [-0.25, -0.2) is 9.97 Å². The van der Waals surface area contributed by atoms with Gasteiger partial charge in [0.05, 0.1) is 6.33 Å². The zero-order valence-corrected chi connectivity index (χ0v) is 10.2. The van der Waals surface area contributed by atoms with Crippen LogP contribution >= 0.6 is 0 Å². The highest BCUT2D eigenvalue weighted by atomic mass is 16.1. The van der Waals surface area contributed by atoms with Crippen molar-refractivity contribution in [2.24, 2.45) is 0 Å². The zero-order valence-electron chi connectivity index (χ0n) is 10.2. The molecule has 18 heavy (non-hydrogen) atoms. The molecule has 3 aromatic rings. The zero-order chi connectivity index (χ0) is 12.7. The van der Waals surface area contributed by atoms with Crippen LogP contribution in [0, 0.1) is 6.92 Å². The molecule has 0 spiro atoms. The summed E-state index contributed by atoms with van der Waals surface area (Å²) in [6, 6.07) is 0. The van der Waals surface area contributed by atoms with Crippen LogP contribution in [-0.2, 0) is 6.42 Å². The van der Waals surface area contributed by atoms with Crippen LogP contribution in [0.4, 0.5) is 0 Å². The lowest BCUT2D eigenvalue weighted by atomic mass is 10.2. The van der Waals surface area contributed by atoms with E-state index in [4.69, 9.17) is 0 Å². The fourth-order valence-corrected chi connectivity index (χ4v) is 2.14. The van der Waals surface area contributed by atoms with Crippen LogP contribution in [0.25, 0.3) is 11.3 Å². The molecule has 0 saturated heterocycles. The maximum Gasteiger partial charge on any atom is 0.276 e. The van der Waals surface area contributed by atoms with Gasteiger partial charge in [-0.3, -0.25) is 9.89 Å². The molecule has 6 heteroatoms. The van der Waals surface area contributed by atoms with Crippen molar-refractivity contribution < 1.29 is 0 Å². The molecule has 6 nitrogen and oxygen atoms in total. The average Bonchev–Trinajstić information content (AvgIpc) is 2.96. The van der Waals surface area contributed by atoms with E-state index in [1.165, 1.54) is 4.52 Å². The van der Waals surface area contributed by atoms with E-state index in [9.17, 15) is 4.79 Å². The Morgan fingerprint density at radius 2 is 2.28 bits per heavy atom. The Balaban J connectivity index is 2.37. The Labute approximate surface area is 103 Å². The van der Waals surface area contributed by atoms with Gasteiger partial charge in [0.2, 0.25) is 0 Å². The van der Waals surface area contributed by atoms with Crippen LogP contribution in [0.2, 0.25) is 0 Å². The highest BCUT2D eigenvalue weighted by molar-refractivity contribution is 5.58. The summed E-state index contributed by atoms with van der Waals surface area (Å²) in [6.07, 6.45) is 7.62. The summed E-state index contributed by atoms with van der Waals surface area (Å²) in [4.78, 5) is 20.7. The Bertz CT molecular complexity index is 751.